The minimum absolute atomic E-state index is 0.0252. The lowest BCUT2D eigenvalue weighted by molar-refractivity contribution is -0.149. The summed E-state index contributed by atoms with van der Waals surface area (Å²) in [6, 6.07) is 11.3. The van der Waals surface area contributed by atoms with Crippen molar-refractivity contribution in [2.75, 3.05) is 32.6 Å². The lowest BCUT2D eigenvalue weighted by atomic mass is 10.2. The molecule has 0 saturated carbocycles. The first-order chi connectivity index (χ1) is 14.1. The molecule has 0 aromatic heterocycles. The molecule has 0 unspecified atom stereocenters. The highest BCUT2D eigenvalue weighted by atomic mass is 35.5. The standard InChI is InChI=1S/C20H23ClN2O6S/c1-4-14-5-8-16(9-6-14)28-13-20(25)29-12-19(24)22-15-7-10-17(21)18(11-15)30(26,27)23(2)3/h5-11H,4,12-13H2,1-3H3,(H,22,24). The van der Waals surface area contributed by atoms with Crippen LogP contribution in [0.1, 0.15) is 12.5 Å². The lowest BCUT2D eigenvalue weighted by Crippen LogP contribution is -2.24. The Morgan fingerprint density at radius 3 is 2.33 bits per heavy atom. The zero-order valence-electron chi connectivity index (χ0n) is 16.8. The molecule has 30 heavy (non-hydrogen) atoms. The third kappa shape index (κ3) is 6.45. The van der Waals surface area contributed by atoms with Crippen molar-refractivity contribution in [1.82, 2.24) is 4.31 Å². The minimum atomic E-state index is -3.78. The number of ether oxygens (including phenoxy) is 2. The van der Waals surface area contributed by atoms with E-state index in [2.05, 4.69) is 5.32 Å². The van der Waals surface area contributed by atoms with Crippen LogP contribution >= 0.6 is 11.6 Å². The van der Waals surface area contributed by atoms with E-state index in [0.29, 0.717) is 5.75 Å². The Bertz CT molecular complexity index is 1010. The van der Waals surface area contributed by atoms with Crippen LogP contribution in [0.2, 0.25) is 5.02 Å². The van der Waals surface area contributed by atoms with Gasteiger partial charge < -0.3 is 14.8 Å². The number of nitrogens with zero attached hydrogens (tertiary/aromatic N) is 1. The number of nitrogens with one attached hydrogen (secondary N) is 1. The Kier molecular flexibility index (Phi) is 8.22. The van der Waals surface area contributed by atoms with E-state index >= 15 is 0 Å². The largest absolute Gasteiger partial charge is 0.482 e. The summed E-state index contributed by atoms with van der Waals surface area (Å²) in [4.78, 5) is 23.6. The van der Waals surface area contributed by atoms with Gasteiger partial charge in [-0.1, -0.05) is 30.7 Å². The second-order valence-corrected chi connectivity index (χ2v) is 8.96. The molecule has 2 rings (SSSR count). The molecule has 162 valence electrons. The summed E-state index contributed by atoms with van der Waals surface area (Å²) in [5, 5.41) is 2.49. The number of esters is 1. The first-order valence-electron chi connectivity index (χ1n) is 9.02. The van der Waals surface area contributed by atoms with E-state index in [4.69, 9.17) is 21.1 Å². The smallest absolute Gasteiger partial charge is 0.344 e. The number of amides is 1. The number of carbonyl (C=O) groups is 2. The van der Waals surface area contributed by atoms with Crippen molar-refractivity contribution in [2.24, 2.45) is 0 Å². The van der Waals surface area contributed by atoms with Crippen LogP contribution in [0.4, 0.5) is 5.69 Å². The maximum atomic E-state index is 12.3. The molecule has 0 heterocycles. The maximum Gasteiger partial charge on any atom is 0.344 e. The van der Waals surface area contributed by atoms with Crippen molar-refractivity contribution >= 4 is 39.2 Å². The van der Waals surface area contributed by atoms with Crippen LogP contribution in [-0.2, 0) is 30.8 Å². The lowest BCUT2D eigenvalue weighted by Gasteiger charge is -2.14. The van der Waals surface area contributed by atoms with Crippen LogP contribution in [0, 0.1) is 0 Å². The van der Waals surface area contributed by atoms with Gasteiger partial charge in [-0.25, -0.2) is 17.5 Å². The van der Waals surface area contributed by atoms with Gasteiger partial charge in [-0.2, -0.15) is 0 Å². The predicted octanol–water partition coefficient (Wildman–Crippen LogP) is 2.71. The first-order valence-corrected chi connectivity index (χ1v) is 10.8. The van der Waals surface area contributed by atoms with Crippen LogP contribution in [-0.4, -0.2) is 51.9 Å². The van der Waals surface area contributed by atoms with E-state index in [1.807, 2.05) is 19.1 Å². The third-order valence-corrected chi connectivity index (χ3v) is 6.32. The van der Waals surface area contributed by atoms with Gasteiger partial charge in [0.15, 0.2) is 13.2 Å². The number of halogens is 1. The number of hydrogen-bond acceptors (Lipinski definition) is 6. The molecule has 0 aliphatic heterocycles. The van der Waals surface area contributed by atoms with Gasteiger partial charge in [-0.15, -0.1) is 0 Å². The van der Waals surface area contributed by atoms with E-state index in [1.165, 1.54) is 32.3 Å². The fourth-order valence-electron chi connectivity index (χ4n) is 2.32. The van der Waals surface area contributed by atoms with Crippen molar-refractivity contribution in [3.05, 3.63) is 53.1 Å². The molecule has 0 bridgehead atoms. The monoisotopic (exact) mass is 454 g/mol. The zero-order valence-corrected chi connectivity index (χ0v) is 18.4. The van der Waals surface area contributed by atoms with Gasteiger partial charge in [0.1, 0.15) is 10.6 Å². The van der Waals surface area contributed by atoms with E-state index in [-0.39, 0.29) is 22.2 Å². The summed E-state index contributed by atoms with van der Waals surface area (Å²) in [5.41, 5.74) is 1.35. The van der Waals surface area contributed by atoms with Crippen LogP contribution in [0.25, 0.3) is 0 Å². The zero-order chi connectivity index (χ0) is 22.3. The Labute approximate surface area is 180 Å². The molecule has 0 aliphatic carbocycles. The summed E-state index contributed by atoms with van der Waals surface area (Å²) in [7, 11) is -1.04. The van der Waals surface area contributed by atoms with Gasteiger partial charge in [-0.05, 0) is 42.3 Å². The van der Waals surface area contributed by atoms with Crippen LogP contribution in [0.15, 0.2) is 47.4 Å². The summed E-state index contributed by atoms with van der Waals surface area (Å²) in [5.74, 6) is -0.827. The highest BCUT2D eigenvalue weighted by Crippen LogP contribution is 2.26. The highest BCUT2D eigenvalue weighted by Gasteiger charge is 2.21. The molecule has 0 saturated heterocycles. The van der Waals surface area contributed by atoms with Crippen LogP contribution in [0.3, 0.4) is 0 Å². The molecule has 1 amide bonds. The summed E-state index contributed by atoms with van der Waals surface area (Å²) < 4.78 is 35.8. The molecule has 0 aliphatic rings. The topological polar surface area (TPSA) is 102 Å². The summed E-state index contributed by atoms with van der Waals surface area (Å²) in [6.07, 6.45) is 0.896. The molecule has 10 heteroatoms. The van der Waals surface area contributed by atoms with Crippen molar-refractivity contribution in [1.29, 1.82) is 0 Å². The summed E-state index contributed by atoms with van der Waals surface area (Å²) >= 11 is 5.96. The predicted molar refractivity (Wildman–Crippen MR) is 113 cm³/mol. The van der Waals surface area contributed by atoms with Crippen LogP contribution < -0.4 is 10.1 Å². The first kappa shape index (κ1) is 23.7. The molecule has 2 aromatic carbocycles. The second-order valence-electron chi connectivity index (χ2n) is 6.43. The van der Waals surface area contributed by atoms with Crippen molar-refractivity contribution < 1.29 is 27.5 Å². The van der Waals surface area contributed by atoms with E-state index < -0.39 is 28.5 Å². The van der Waals surface area contributed by atoms with Crippen LogP contribution in [0.5, 0.6) is 5.75 Å². The van der Waals surface area contributed by atoms with E-state index in [0.717, 1.165) is 16.3 Å². The average molecular weight is 455 g/mol. The number of sulfonamides is 1. The molecule has 0 radical (unpaired) electrons. The number of aryl methyl sites for hydroxylation is 1. The quantitative estimate of drug-likeness (QED) is 0.584. The van der Waals surface area contributed by atoms with Gasteiger partial charge in [0.25, 0.3) is 5.91 Å². The Morgan fingerprint density at radius 1 is 1.07 bits per heavy atom. The third-order valence-electron chi connectivity index (χ3n) is 4.03. The van der Waals surface area contributed by atoms with Crippen molar-refractivity contribution in [3.8, 4) is 5.75 Å². The molecule has 0 spiro atoms. The molecule has 1 N–H and O–H groups in total. The number of benzene rings is 2. The number of hydrogen-bond donors (Lipinski definition) is 1. The van der Waals surface area contributed by atoms with Gasteiger partial charge in [-0.3, -0.25) is 4.79 Å². The SMILES string of the molecule is CCc1ccc(OCC(=O)OCC(=O)Nc2ccc(Cl)c(S(=O)(=O)N(C)C)c2)cc1. The number of rotatable bonds is 9. The molecule has 0 fully saturated rings. The molecule has 8 nitrogen and oxygen atoms in total. The fourth-order valence-corrected chi connectivity index (χ4v) is 3.72. The average Bonchev–Trinajstić information content (AvgIpc) is 2.72. The van der Waals surface area contributed by atoms with Gasteiger partial charge in [0.05, 0.1) is 5.02 Å². The second kappa shape index (κ2) is 10.4. The normalized spacial score (nSPS) is 11.2. The highest BCUT2D eigenvalue weighted by molar-refractivity contribution is 7.89. The summed E-state index contributed by atoms with van der Waals surface area (Å²) in [6.45, 7) is 1.14. The maximum absolute atomic E-state index is 12.3. The van der Waals surface area contributed by atoms with Gasteiger partial charge in [0, 0.05) is 19.8 Å². The fraction of sp³-hybridized carbons (Fsp3) is 0.300. The molecule has 2 aromatic rings. The Hall–Kier alpha value is -2.62. The number of anilines is 1. The molecule has 0 atom stereocenters. The molecular formula is C20H23ClN2O6S. The van der Waals surface area contributed by atoms with Crippen molar-refractivity contribution in [3.63, 3.8) is 0 Å². The van der Waals surface area contributed by atoms with Gasteiger partial charge in [0.2, 0.25) is 10.0 Å². The Balaban J connectivity index is 1.87. The molecular weight excluding hydrogens is 432 g/mol. The van der Waals surface area contributed by atoms with E-state index in [1.54, 1.807) is 12.1 Å². The minimum Gasteiger partial charge on any atom is -0.482 e. The van der Waals surface area contributed by atoms with Gasteiger partial charge >= 0.3 is 5.97 Å². The Morgan fingerprint density at radius 2 is 1.73 bits per heavy atom. The van der Waals surface area contributed by atoms with E-state index in [9.17, 15) is 18.0 Å². The number of carbonyl (C=O) groups excluding carboxylic acids is 2. The van der Waals surface area contributed by atoms with Crippen molar-refractivity contribution in [2.45, 2.75) is 18.2 Å².